The van der Waals surface area contributed by atoms with Gasteiger partial charge in [-0.1, -0.05) is 54.3 Å². The molecule has 7 rings (SSSR count). The first-order chi connectivity index (χ1) is 39.2. The third kappa shape index (κ3) is 16.1. The van der Waals surface area contributed by atoms with E-state index >= 15 is 0 Å². The lowest BCUT2D eigenvalue weighted by Gasteiger charge is -2.30. The smallest absolute Gasteiger partial charge is 0.490 e. The van der Waals surface area contributed by atoms with E-state index in [-0.39, 0.29) is 44.3 Å². The summed E-state index contributed by atoms with van der Waals surface area (Å²) in [4.78, 5) is 68.1. The number of phosphoric ester groups is 1. The molecule has 84 heavy (non-hydrogen) atoms. The number of carbonyl (C=O) groups is 1. The number of fused-ring (bicyclic) bond motifs is 2. The van der Waals surface area contributed by atoms with Gasteiger partial charge in [0.2, 0.25) is 11.3 Å². The number of anilines is 2. The predicted octanol–water partition coefficient (Wildman–Crippen LogP) is 3.47. The van der Waals surface area contributed by atoms with Gasteiger partial charge in [0.05, 0.1) is 39.8 Å². The average molecular weight is 1270 g/mol. The van der Waals surface area contributed by atoms with Gasteiger partial charge in [0.15, 0.2) is 6.23 Å². The highest BCUT2D eigenvalue weighted by Gasteiger charge is 2.48. The van der Waals surface area contributed by atoms with Crippen LogP contribution in [-0.4, -0.2) is 128 Å². The van der Waals surface area contributed by atoms with Crippen LogP contribution in [0.4, 0.5) is 11.5 Å². The molecule has 3 aliphatic heterocycles. The second kappa shape index (κ2) is 26.3. The fourth-order valence-corrected chi connectivity index (χ4v) is 13.8. The number of allylic oxidation sites excluding steroid dienone is 3. The SMILES string of the molecule is CC[N+](CC)=c1ccc2c(/C=C/C=C3\N(CCCS(=O)(=O)[O-])c4ccc(S(=O)(=O)O)cc4C3(C)CCCC(=O)NCC#Cc3cn([C@@H]4O[C@H](COP(=O)(O)OP(=O)(O)OP(=O)(O)O)[C@@H](O)[C@H]4O)c(=O)nc3N)c(C)c(-c3ccccc3)oc-2c1. The van der Waals surface area contributed by atoms with E-state index in [0.29, 0.717) is 33.0 Å². The number of hydrogen-bond acceptors (Lipinski definition) is 20. The van der Waals surface area contributed by atoms with Crippen LogP contribution in [0.3, 0.4) is 0 Å². The Hall–Kier alpha value is -6.03. The molecule has 1 aromatic heterocycles. The number of amides is 1. The summed E-state index contributed by atoms with van der Waals surface area (Å²) >= 11 is 0. The van der Waals surface area contributed by atoms with Gasteiger partial charge in [-0.15, -0.1) is 0 Å². The van der Waals surface area contributed by atoms with Crippen LogP contribution in [0, 0.1) is 18.8 Å². The summed E-state index contributed by atoms with van der Waals surface area (Å²) in [6.07, 6.45) is -0.828. The van der Waals surface area contributed by atoms with Gasteiger partial charge in [-0.25, -0.2) is 31.5 Å². The van der Waals surface area contributed by atoms with Crippen LogP contribution in [0.25, 0.3) is 28.7 Å². The van der Waals surface area contributed by atoms with Crippen molar-refractivity contribution in [1.29, 1.82) is 0 Å². The standard InChI is InChI=1S/C51H61N6O22P3S2/c1-5-55(6-2)35-20-22-38-37(32(3)47(76-41(38)28-35)33-14-8-7-9-15-33)17-10-18-43-51(4,39-29-36(84(72,73)74)21-23-40(39)56(43)26-13-27-83(69,70)71)24-11-19-44(58)53-25-12-16-34-30-57(50(61)54-48(34)52)49-46(60)45(59)42(77-49)31-75-81(65,66)79-82(67,68)78-80(62,63)64/h7-10,14-15,17-18,20-23,28-30,42,45-46,49,59-60H,5-6,11,13,19,24-27,31H2,1-4H3,(H8-,52,53,54,58,61,62,63,64,65,66,67,68,69,70,71,72,73,74)/t42-,45-,46-,49-,51?/m1/s1. The molecule has 1 fully saturated rings. The van der Waals surface area contributed by atoms with E-state index in [1.165, 1.54) is 18.2 Å². The molecule has 0 spiro atoms. The van der Waals surface area contributed by atoms with Crippen molar-refractivity contribution < 1.29 is 96.5 Å². The van der Waals surface area contributed by atoms with Crippen LogP contribution in [0.5, 0.6) is 0 Å². The normalized spacial score (nSPS) is 21.0. The van der Waals surface area contributed by atoms with Crippen LogP contribution >= 0.6 is 23.5 Å². The van der Waals surface area contributed by atoms with Crippen molar-refractivity contribution in [3.05, 3.63) is 129 Å². The summed E-state index contributed by atoms with van der Waals surface area (Å²) in [6.45, 7) is 7.93. The monoisotopic (exact) mass is 1270 g/mol. The maximum absolute atomic E-state index is 13.4. The third-order valence-electron chi connectivity index (χ3n) is 13.8. The van der Waals surface area contributed by atoms with Gasteiger partial charge < -0.3 is 59.4 Å². The number of hydrogen-bond donors (Lipinski definition) is 9. The van der Waals surface area contributed by atoms with Crippen LogP contribution < -0.4 is 31.6 Å². The first-order valence-electron chi connectivity index (χ1n) is 25.6. The molecule has 0 radical (unpaired) electrons. The van der Waals surface area contributed by atoms with E-state index < -0.39 is 108 Å². The number of carbonyl (C=O) groups excluding carboxylic acids is 1. The fourth-order valence-electron chi connectivity index (χ4n) is 9.83. The number of aliphatic hydroxyl groups excluding tert-OH is 2. The van der Waals surface area contributed by atoms with Crippen LogP contribution in [-0.2, 0) is 62.0 Å². The van der Waals surface area contributed by atoms with Crippen molar-refractivity contribution >= 4 is 67.2 Å². The first-order valence-corrected chi connectivity index (χ1v) is 33.2. The highest BCUT2D eigenvalue weighted by atomic mass is 32.2. The topological polar surface area (TPSA) is 430 Å². The van der Waals surface area contributed by atoms with Crippen molar-refractivity contribution in [2.45, 2.75) is 88.2 Å². The summed E-state index contributed by atoms with van der Waals surface area (Å²) in [5, 5.41) is 25.0. The molecule has 7 atom stereocenters. The Bertz CT molecular complexity index is 3930. The van der Waals surface area contributed by atoms with Gasteiger partial charge in [-0.3, -0.25) is 18.4 Å². The lowest BCUT2D eigenvalue weighted by atomic mass is 9.77. The first kappa shape index (κ1) is 65.5. The van der Waals surface area contributed by atoms with Gasteiger partial charge in [-0.05, 0) is 88.4 Å². The zero-order valence-corrected chi connectivity index (χ0v) is 49.6. The van der Waals surface area contributed by atoms with Crippen molar-refractivity contribution in [3.63, 3.8) is 0 Å². The molecule has 28 nitrogen and oxygen atoms in total. The molecule has 3 aromatic rings. The fraction of sp³-hybridized carbons (Fsp3) is 0.373. The maximum Gasteiger partial charge on any atom is 0.490 e. The summed E-state index contributed by atoms with van der Waals surface area (Å²) in [5.74, 6) is 4.95. The summed E-state index contributed by atoms with van der Waals surface area (Å²) in [6, 6.07) is 19.6. The molecular formula is C51H61N6O22P3S2. The Labute approximate surface area is 481 Å². The van der Waals surface area contributed by atoms with Crippen molar-refractivity contribution in [2.75, 3.05) is 49.2 Å². The Morgan fingerprint density at radius 2 is 1.68 bits per heavy atom. The van der Waals surface area contributed by atoms with Gasteiger partial charge in [-0.2, -0.15) is 22.0 Å². The molecule has 33 heteroatoms. The van der Waals surface area contributed by atoms with Gasteiger partial charge in [0.25, 0.3) is 10.1 Å². The van der Waals surface area contributed by atoms with E-state index in [4.69, 9.17) is 24.7 Å². The molecule has 3 unspecified atom stereocenters. The number of phosphoric acid groups is 3. The minimum atomic E-state index is -5.89. The number of benzene rings is 3. The number of ether oxygens (including phenoxy) is 1. The molecular weight excluding hydrogens is 1210 g/mol. The minimum absolute atomic E-state index is 0.00225. The minimum Gasteiger partial charge on any atom is -0.748 e. The van der Waals surface area contributed by atoms with E-state index in [0.717, 1.165) is 46.9 Å². The van der Waals surface area contributed by atoms with E-state index in [1.54, 1.807) is 11.0 Å². The number of nitrogens with zero attached hydrogens (tertiary/aromatic N) is 4. The summed E-state index contributed by atoms with van der Waals surface area (Å²) in [7, 11) is -26.7. The van der Waals surface area contributed by atoms with Crippen molar-refractivity contribution in [2.24, 2.45) is 0 Å². The molecule has 0 bridgehead atoms. The maximum atomic E-state index is 13.4. The molecule has 1 aliphatic carbocycles. The Balaban J connectivity index is 1.12. The number of nitrogen functional groups attached to an aromatic ring is 1. The Kier molecular flexibility index (Phi) is 20.5. The zero-order chi connectivity index (χ0) is 61.7. The third-order valence-corrected chi connectivity index (χ3v) is 19.2. The average Bonchev–Trinajstić information content (AvgIpc) is 1.67. The van der Waals surface area contributed by atoms with Crippen molar-refractivity contribution in [1.82, 2.24) is 19.4 Å². The number of nitrogens with two attached hydrogens (primary N) is 1. The predicted molar refractivity (Wildman–Crippen MR) is 301 cm³/mol. The molecule has 1 amide bonds. The molecule has 454 valence electrons. The summed E-state index contributed by atoms with van der Waals surface area (Å²) < 4.78 is 133. The lowest BCUT2D eigenvalue weighted by molar-refractivity contribution is -0.121. The highest BCUT2D eigenvalue weighted by molar-refractivity contribution is 7.86. The number of aromatic nitrogens is 2. The second-order valence-electron chi connectivity index (χ2n) is 19.4. The van der Waals surface area contributed by atoms with E-state index in [9.17, 15) is 69.2 Å². The number of rotatable bonds is 23. The summed E-state index contributed by atoms with van der Waals surface area (Å²) in [5.41, 5.74) is 8.31. The lowest BCUT2D eigenvalue weighted by Crippen LogP contribution is -2.36. The van der Waals surface area contributed by atoms with Gasteiger partial charge in [0, 0.05) is 64.5 Å². The largest absolute Gasteiger partial charge is 0.748 e. The van der Waals surface area contributed by atoms with Crippen LogP contribution in [0.2, 0.25) is 0 Å². The van der Waals surface area contributed by atoms with Crippen LogP contribution in [0.1, 0.15) is 74.9 Å². The molecule has 1 saturated heterocycles. The molecule has 10 N–H and O–H groups in total. The van der Waals surface area contributed by atoms with E-state index in [2.05, 4.69) is 53.7 Å². The number of aliphatic hydroxyl groups is 2. The number of nitrogens with one attached hydrogen (secondary N) is 1. The Morgan fingerprint density at radius 3 is 2.33 bits per heavy atom. The quantitative estimate of drug-likeness (QED) is 0.0196. The van der Waals surface area contributed by atoms with E-state index in [1.807, 2.05) is 74.5 Å². The molecule has 4 heterocycles. The van der Waals surface area contributed by atoms with Gasteiger partial charge in [0.1, 0.15) is 48.7 Å². The Morgan fingerprint density at radius 1 is 0.976 bits per heavy atom. The molecule has 4 aliphatic rings. The second-order valence-corrected chi connectivity index (χ2v) is 26.8. The molecule has 0 saturated carbocycles. The highest BCUT2D eigenvalue weighted by Crippen LogP contribution is 2.66. The van der Waals surface area contributed by atoms with Crippen molar-refractivity contribution in [3.8, 4) is 34.5 Å². The van der Waals surface area contributed by atoms with Gasteiger partial charge >= 0.3 is 29.2 Å². The molecule has 2 aromatic carbocycles. The van der Waals surface area contributed by atoms with Crippen LogP contribution in [0.15, 0.2) is 105 Å². The zero-order valence-electron chi connectivity index (χ0n) is 45.3.